The molecule has 2 aliphatic heterocycles. The summed E-state index contributed by atoms with van der Waals surface area (Å²) in [4.78, 5) is 36.9. The minimum atomic E-state index is -1.49. The van der Waals surface area contributed by atoms with Crippen molar-refractivity contribution in [2.45, 2.75) is 97.7 Å². The van der Waals surface area contributed by atoms with E-state index in [4.69, 9.17) is 39.5 Å². The Hall–Kier alpha value is -1.42. The molecule has 2 amide bonds. The predicted octanol–water partition coefficient (Wildman–Crippen LogP) is 2.97. The van der Waals surface area contributed by atoms with Crippen LogP contribution in [0.3, 0.4) is 0 Å². The fourth-order valence-electron chi connectivity index (χ4n) is 6.30. The SMILES string of the molecule is CCCC1CC(C(=O)NC(C(C)Cl)C2O[C@H](SC)[C@H](CC(NC(=O)C(Cl)Cl)[C@@H](O)c3ccc([N+](=O)[O-])cc3)C(O)C2O)N(C)C1. The van der Waals surface area contributed by atoms with Crippen molar-refractivity contribution in [2.24, 2.45) is 11.8 Å². The molecule has 0 spiro atoms. The number of thioether (sulfide) groups is 1. The molecule has 2 aliphatic rings. The second-order valence-electron chi connectivity index (χ2n) is 11.9. The molecule has 5 N–H and O–H groups in total. The number of carbonyl (C=O) groups is 2. The average Bonchev–Trinajstić information content (AvgIpc) is 3.37. The van der Waals surface area contributed by atoms with E-state index in [1.807, 2.05) is 11.9 Å². The maximum absolute atomic E-state index is 13.4. The third-order valence-corrected chi connectivity index (χ3v) is 10.3. The molecule has 0 bridgehead atoms. The zero-order valence-electron chi connectivity index (χ0n) is 25.6. The van der Waals surface area contributed by atoms with Crippen molar-refractivity contribution in [3.8, 4) is 0 Å². The van der Waals surface area contributed by atoms with Crippen molar-refractivity contribution < 1.29 is 34.6 Å². The number of rotatable bonds is 14. The Balaban J connectivity index is 1.81. The first-order chi connectivity index (χ1) is 21.2. The Bertz CT molecular complexity index is 1150. The van der Waals surface area contributed by atoms with Crippen LogP contribution in [0.5, 0.6) is 0 Å². The topological polar surface area (TPSA) is 174 Å². The minimum absolute atomic E-state index is 0.0972. The van der Waals surface area contributed by atoms with Gasteiger partial charge in [0.15, 0.2) is 4.84 Å². The lowest BCUT2D eigenvalue weighted by molar-refractivity contribution is -0.384. The van der Waals surface area contributed by atoms with Crippen LogP contribution >= 0.6 is 46.6 Å². The number of aliphatic hydroxyl groups excluding tert-OH is 3. The van der Waals surface area contributed by atoms with Gasteiger partial charge in [-0.15, -0.1) is 23.4 Å². The summed E-state index contributed by atoms with van der Waals surface area (Å²) in [6.07, 6.45) is -0.946. The molecule has 0 aliphatic carbocycles. The van der Waals surface area contributed by atoms with E-state index in [0.717, 1.165) is 19.4 Å². The van der Waals surface area contributed by atoms with Gasteiger partial charge in [0.2, 0.25) is 5.91 Å². The number of nitro benzene ring substituents is 1. The number of nitrogens with one attached hydrogen (secondary N) is 2. The molecule has 0 aromatic heterocycles. The van der Waals surface area contributed by atoms with Crippen LogP contribution in [0, 0.1) is 22.0 Å². The van der Waals surface area contributed by atoms with Gasteiger partial charge in [-0.05, 0) is 63.1 Å². The number of ether oxygens (including phenoxy) is 1. The smallest absolute Gasteiger partial charge is 0.269 e. The van der Waals surface area contributed by atoms with Gasteiger partial charge in [0.1, 0.15) is 17.6 Å². The standard InChI is InChI=1S/C29H43Cl3N4O8S/c1-5-6-15-11-20(35(3)13-15)27(40)34-21(14(2)30)25-24(39)23(38)18(29(44-25)45-4)12-19(33-28(41)26(31)32)22(37)16-7-9-17(10-8-16)36(42)43/h7-10,14-15,18-26,29,37-39H,5-6,11-13H2,1-4H3,(H,33,41)(H,34,40)/t14?,15?,18-,19?,20?,21?,22+,23?,24?,25?,29-/m1/s1. The fraction of sp³-hybridized carbons (Fsp3) is 0.724. The summed E-state index contributed by atoms with van der Waals surface area (Å²) in [7, 11) is 1.90. The average molecular weight is 714 g/mol. The molecule has 254 valence electrons. The van der Waals surface area contributed by atoms with Crippen molar-refractivity contribution in [1.29, 1.82) is 0 Å². The number of non-ortho nitro benzene ring substituents is 1. The van der Waals surface area contributed by atoms with Crippen LogP contribution in [0.15, 0.2) is 24.3 Å². The third kappa shape index (κ3) is 9.57. The van der Waals surface area contributed by atoms with Crippen LogP contribution in [-0.2, 0) is 14.3 Å². The maximum Gasteiger partial charge on any atom is 0.269 e. The van der Waals surface area contributed by atoms with Crippen molar-refractivity contribution in [2.75, 3.05) is 19.8 Å². The lowest BCUT2D eigenvalue weighted by Crippen LogP contribution is -2.64. The van der Waals surface area contributed by atoms with Crippen LogP contribution < -0.4 is 10.6 Å². The van der Waals surface area contributed by atoms with Gasteiger partial charge in [-0.1, -0.05) is 36.5 Å². The number of carbonyl (C=O) groups excluding carboxylic acids is 2. The number of alkyl halides is 3. The number of likely N-dealkylation sites (N-methyl/N-ethyl adjacent to an activating group) is 1. The second-order valence-corrected chi connectivity index (χ2v) is 14.6. The molecule has 11 atom stereocenters. The van der Waals surface area contributed by atoms with Gasteiger partial charge in [0.05, 0.1) is 40.6 Å². The van der Waals surface area contributed by atoms with Gasteiger partial charge in [-0.2, -0.15) is 0 Å². The number of hydrogen-bond donors (Lipinski definition) is 5. The number of nitrogens with zero attached hydrogens (tertiary/aromatic N) is 2. The van der Waals surface area contributed by atoms with Crippen LogP contribution in [0.1, 0.15) is 51.2 Å². The van der Waals surface area contributed by atoms with Gasteiger partial charge in [0.25, 0.3) is 11.6 Å². The predicted molar refractivity (Wildman–Crippen MR) is 174 cm³/mol. The van der Waals surface area contributed by atoms with E-state index >= 15 is 0 Å². The summed E-state index contributed by atoms with van der Waals surface area (Å²) in [6, 6.07) is 2.86. The molecule has 45 heavy (non-hydrogen) atoms. The Morgan fingerprint density at radius 1 is 1.18 bits per heavy atom. The van der Waals surface area contributed by atoms with E-state index in [2.05, 4.69) is 17.6 Å². The molecule has 1 aromatic rings. The molecule has 0 saturated carbocycles. The summed E-state index contributed by atoms with van der Waals surface area (Å²) >= 11 is 19.3. The summed E-state index contributed by atoms with van der Waals surface area (Å²) < 4.78 is 6.30. The van der Waals surface area contributed by atoms with Gasteiger partial charge in [-0.25, -0.2) is 0 Å². The summed E-state index contributed by atoms with van der Waals surface area (Å²) in [5, 5.41) is 50.0. The largest absolute Gasteiger partial charge is 0.390 e. The molecule has 0 radical (unpaired) electrons. The van der Waals surface area contributed by atoms with Crippen molar-refractivity contribution >= 4 is 64.1 Å². The van der Waals surface area contributed by atoms with Crippen molar-refractivity contribution in [1.82, 2.24) is 15.5 Å². The number of aliphatic hydroxyl groups is 3. The molecular formula is C29H43Cl3N4O8S. The van der Waals surface area contributed by atoms with E-state index in [9.17, 15) is 35.0 Å². The highest BCUT2D eigenvalue weighted by atomic mass is 35.5. The Morgan fingerprint density at radius 3 is 2.36 bits per heavy atom. The third-order valence-electron chi connectivity index (χ3n) is 8.67. The molecule has 1 aromatic carbocycles. The Kier molecular flexibility index (Phi) is 14.5. The fourth-order valence-corrected chi connectivity index (χ4v) is 7.50. The van der Waals surface area contributed by atoms with Crippen molar-refractivity contribution in [3.63, 3.8) is 0 Å². The Morgan fingerprint density at radius 2 is 1.82 bits per heavy atom. The monoisotopic (exact) mass is 712 g/mol. The number of nitro groups is 1. The zero-order chi connectivity index (χ0) is 33.6. The van der Waals surface area contributed by atoms with E-state index in [1.165, 1.54) is 36.0 Å². The van der Waals surface area contributed by atoms with Crippen LogP contribution in [0.4, 0.5) is 5.69 Å². The number of amides is 2. The molecular weight excluding hydrogens is 671 g/mol. The lowest BCUT2D eigenvalue weighted by atomic mass is 9.82. The summed E-state index contributed by atoms with van der Waals surface area (Å²) in [5.74, 6) is -1.45. The van der Waals surface area contributed by atoms with Gasteiger partial charge in [-0.3, -0.25) is 24.6 Å². The highest BCUT2D eigenvalue weighted by molar-refractivity contribution is 7.99. The Labute approximate surface area is 282 Å². The van der Waals surface area contributed by atoms with Gasteiger partial charge >= 0.3 is 0 Å². The van der Waals surface area contributed by atoms with Crippen molar-refractivity contribution in [3.05, 3.63) is 39.9 Å². The van der Waals surface area contributed by atoms with Gasteiger partial charge in [0, 0.05) is 24.6 Å². The van der Waals surface area contributed by atoms with E-state index in [1.54, 1.807) is 13.2 Å². The highest BCUT2D eigenvalue weighted by Crippen LogP contribution is 2.38. The first-order valence-electron chi connectivity index (χ1n) is 14.9. The molecule has 2 heterocycles. The van der Waals surface area contributed by atoms with Crippen LogP contribution in [0.25, 0.3) is 0 Å². The lowest BCUT2D eigenvalue weighted by Gasteiger charge is -2.47. The number of benzene rings is 1. The molecule has 8 unspecified atom stereocenters. The minimum Gasteiger partial charge on any atom is -0.390 e. The molecule has 2 fully saturated rings. The van der Waals surface area contributed by atoms with Gasteiger partial charge < -0.3 is 30.7 Å². The quantitative estimate of drug-likeness (QED) is 0.110. The molecule has 3 rings (SSSR count). The molecule has 2 saturated heterocycles. The number of likely N-dealkylation sites (tertiary alicyclic amines) is 1. The number of hydrogen-bond acceptors (Lipinski definition) is 10. The second kappa shape index (κ2) is 17.1. The first kappa shape index (κ1) is 38.0. The zero-order valence-corrected chi connectivity index (χ0v) is 28.7. The normalized spacial score (nSPS) is 30.0. The van der Waals surface area contributed by atoms with E-state index < -0.39 is 68.9 Å². The molecule has 12 nitrogen and oxygen atoms in total. The van der Waals surface area contributed by atoms with E-state index in [-0.39, 0.29) is 29.6 Å². The van der Waals surface area contributed by atoms with E-state index in [0.29, 0.717) is 12.3 Å². The number of halogens is 3. The highest BCUT2D eigenvalue weighted by Gasteiger charge is 2.50. The summed E-state index contributed by atoms with van der Waals surface area (Å²) in [5.41, 5.74) is -0.678. The van der Waals surface area contributed by atoms with Crippen LogP contribution in [-0.4, -0.2) is 109 Å². The maximum atomic E-state index is 13.4. The summed E-state index contributed by atoms with van der Waals surface area (Å²) in [6.45, 7) is 4.59. The first-order valence-corrected chi connectivity index (χ1v) is 17.5. The van der Waals surface area contributed by atoms with Crippen LogP contribution in [0.2, 0.25) is 0 Å². The molecule has 16 heteroatoms.